The zero-order valence-electron chi connectivity index (χ0n) is 9.02. The molecule has 0 amide bonds. The van der Waals surface area contributed by atoms with Gasteiger partial charge >= 0.3 is 0 Å². The molecule has 2 rings (SSSR count). The normalized spacial score (nSPS) is 10.9. The van der Waals surface area contributed by atoms with Crippen LogP contribution in [0.15, 0.2) is 48.7 Å². The summed E-state index contributed by atoms with van der Waals surface area (Å²) in [5.41, 5.74) is 9.97. The zero-order chi connectivity index (χ0) is 10.7. The Balaban J connectivity index is 0.00000128. The highest BCUT2D eigenvalue weighted by molar-refractivity contribution is 5.47. The van der Waals surface area contributed by atoms with Gasteiger partial charge in [0.15, 0.2) is 0 Å². The summed E-state index contributed by atoms with van der Waals surface area (Å²) in [6, 6.07) is 13.9. The molecule has 0 bridgehead atoms. The fourth-order valence-corrected chi connectivity index (χ4v) is 1.52. The van der Waals surface area contributed by atoms with Crippen LogP contribution < -0.4 is 33.7 Å². The van der Waals surface area contributed by atoms with Gasteiger partial charge in [-0.2, -0.15) is 0 Å². The highest BCUT2D eigenvalue weighted by atomic mass is 127. The third-order valence-electron chi connectivity index (χ3n) is 2.35. The molecule has 2 nitrogen and oxygen atoms in total. The lowest BCUT2D eigenvalue weighted by Gasteiger charge is -1.90. The number of benzene rings is 1. The number of nitrogens with zero attached hydrogens (tertiary/aromatic N) is 1. The van der Waals surface area contributed by atoms with Crippen LogP contribution in [-0.2, 0) is 0 Å². The van der Waals surface area contributed by atoms with Gasteiger partial charge in [0.05, 0.1) is 0 Å². The summed E-state index contributed by atoms with van der Waals surface area (Å²) in [7, 11) is 0. The number of halogens is 1. The molecule has 1 aromatic heterocycles. The molecule has 0 saturated carbocycles. The topological polar surface area (TPSA) is 29.8 Å². The highest BCUT2D eigenvalue weighted by Crippen LogP contribution is 1.98. The fourth-order valence-electron chi connectivity index (χ4n) is 1.52. The minimum Gasteiger partial charge on any atom is -1.00 e. The van der Waals surface area contributed by atoms with Gasteiger partial charge in [0.25, 0.3) is 0 Å². The third kappa shape index (κ3) is 2.88. The maximum Gasteiger partial charge on any atom is 0.240 e. The van der Waals surface area contributed by atoms with Crippen molar-refractivity contribution in [1.29, 1.82) is 5.53 Å². The van der Waals surface area contributed by atoms with Crippen LogP contribution in [0.5, 0.6) is 0 Å². The monoisotopic (exact) mass is 324 g/mol. The lowest BCUT2D eigenvalue weighted by Crippen LogP contribution is -3.00. The van der Waals surface area contributed by atoms with Crippen LogP contribution in [-0.4, -0.2) is 0 Å². The molecular weight excluding hydrogens is 311 g/mol. The Morgan fingerprint density at radius 2 is 1.75 bits per heavy atom. The summed E-state index contributed by atoms with van der Waals surface area (Å²) in [6.07, 6.45) is 3.75. The van der Waals surface area contributed by atoms with Crippen molar-refractivity contribution in [3.05, 3.63) is 65.1 Å². The second kappa shape index (κ2) is 5.75. The van der Waals surface area contributed by atoms with Gasteiger partial charge in [0.1, 0.15) is 0 Å². The van der Waals surface area contributed by atoms with E-state index >= 15 is 0 Å². The molecule has 82 valence electrons. The predicted octanol–water partition coefficient (Wildman–Crippen LogP) is -1.27. The van der Waals surface area contributed by atoms with E-state index in [1.54, 1.807) is 6.20 Å². The summed E-state index contributed by atoms with van der Waals surface area (Å²) < 4.78 is 1.39. The number of nitrogens with one attached hydrogen (secondary N) is 1. The number of pyridine rings is 1. The molecule has 1 N–H and O–H groups in total. The van der Waals surface area contributed by atoms with Crippen molar-refractivity contribution in [2.75, 3.05) is 0 Å². The number of hydrogen-bond donors (Lipinski definition) is 1. The van der Waals surface area contributed by atoms with Crippen molar-refractivity contribution in [3.8, 4) is 0 Å². The third-order valence-corrected chi connectivity index (χ3v) is 2.35. The summed E-state index contributed by atoms with van der Waals surface area (Å²) in [5.74, 6) is 0. The Hall–Kier alpha value is -1.23. The highest BCUT2D eigenvalue weighted by Gasteiger charge is 1.98. The van der Waals surface area contributed by atoms with E-state index in [0.29, 0.717) is 0 Å². The maximum atomic E-state index is 7.75. The fraction of sp³-hybridized carbons (Fsp3) is 0.0769. The molecule has 0 aliphatic heterocycles. The Morgan fingerprint density at radius 1 is 1.06 bits per heavy atom. The lowest BCUT2D eigenvalue weighted by molar-refractivity contribution is -0.586. The average Bonchev–Trinajstić information content (AvgIpc) is 2.25. The van der Waals surface area contributed by atoms with Crippen molar-refractivity contribution in [1.82, 2.24) is 0 Å². The quantitative estimate of drug-likeness (QED) is 0.501. The van der Waals surface area contributed by atoms with E-state index in [4.69, 9.17) is 5.53 Å². The number of hydrogen-bond acceptors (Lipinski definition) is 1. The first-order valence-electron chi connectivity index (χ1n) is 4.90. The van der Waals surface area contributed by atoms with Crippen LogP contribution in [0.3, 0.4) is 0 Å². The first-order valence-corrected chi connectivity index (χ1v) is 4.90. The van der Waals surface area contributed by atoms with Gasteiger partial charge in [-0.1, -0.05) is 34.7 Å². The lowest BCUT2D eigenvalue weighted by atomic mass is 10.2. The summed E-state index contributed by atoms with van der Waals surface area (Å²) in [6.45, 7) is 2.01. The molecule has 1 heterocycles. The Labute approximate surface area is 112 Å². The van der Waals surface area contributed by atoms with Crippen LogP contribution >= 0.6 is 0 Å². The van der Waals surface area contributed by atoms with E-state index in [1.807, 2.05) is 55.5 Å². The van der Waals surface area contributed by atoms with E-state index in [1.165, 1.54) is 4.36 Å². The van der Waals surface area contributed by atoms with E-state index in [0.717, 1.165) is 16.5 Å². The van der Waals surface area contributed by atoms with Crippen molar-refractivity contribution in [3.63, 3.8) is 0 Å². The number of aryl methyl sites for hydroxylation is 1. The van der Waals surface area contributed by atoms with Gasteiger partial charge in [-0.15, -0.1) is 0 Å². The zero-order valence-corrected chi connectivity index (χ0v) is 11.2. The molecule has 16 heavy (non-hydrogen) atoms. The molecule has 0 aliphatic rings. The van der Waals surface area contributed by atoms with Crippen LogP contribution in [0, 0.1) is 12.5 Å². The minimum atomic E-state index is 0. The molecule has 0 unspecified atom stereocenters. The molecule has 0 fully saturated rings. The molecule has 3 heteroatoms. The summed E-state index contributed by atoms with van der Waals surface area (Å²) in [5, 5.41) is 0.920. The summed E-state index contributed by atoms with van der Waals surface area (Å²) in [4.78, 5) is 0. The van der Waals surface area contributed by atoms with Gasteiger partial charge in [-0.25, -0.2) is 0 Å². The van der Waals surface area contributed by atoms with Crippen molar-refractivity contribution in [2.24, 2.45) is 0 Å². The molecule has 2 aromatic rings. The van der Waals surface area contributed by atoms with Crippen molar-refractivity contribution < 1.29 is 28.3 Å². The molecule has 1 aromatic carbocycles. The SMILES string of the molecule is Cc1ccc[n+](=N)c1=Cc1ccccc1.[I-]. The molecule has 0 radical (unpaired) electrons. The first kappa shape index (κ1) is 12.8. The molecule has 0 spiro atoms. The van der Waals surface area contributed by atoms with Crippen LogP contribution in [0.1, 0.15) is 11.1 Å². The number of aromatic nitrogens is 1. The van der Waals surface area contributed by atoms with Gasteiger partial charge in [-0.05, 0) is 24.1 Å². The van der Waals surface area contributed by atoms with Gasteiger partial charge in [0, 0.05) is 17.7 Å². The Kier molecular flexibility index (Phi) is 4.61. The molecule has 0 aliphatic carbocycles. The van der Waals surface area contributed by atoms with E-state index < -0.39 is 0 Å². The predicted molar refractivity (Wildman–Crippen MR) is 59.1 cm³/mol. The first-order chi connectivity index (χ1) is 7.27. The molecule has 0 saturated heterocycles. The molecule has 0 atom stereocenters. The maximum absolute atomic E-state index is 7.75. The van der Waals surface area contributed by atoms with Crippen LogP contribution in [0.4, 0.5) is 0 Å². The Morgan fingerprint density at radius 3 is 2.38 bits per heavy atom. The van der Waals surface area contributed by atoms with Crippen molar-refractivity contribution in [2.45, 2.75) is 6.92 Å². The standard InChI is InChI=1S/C13H13N2.HI/c1-11-6-5-9-15(14)13(11)10-12-7-3-2-4-8-12;/h2-10,14H,1H3;1H/q+1;/p-1. The van der Waals surface area contributed by atoms with Gasteiger partial charge in [-0.3, -0.25) is 0 Å². The molecular formula is C13H13IN2. The smallest absolute Gasteiger partial charge is 0.240 e. The van der Waals surface area contributed by atoms with Crippen LogP contribution in [0.25, 0.3) is 6.08 Å². The Bertz CT molecular complexity index is 564. The van der Waals surface area contributed by atoms with E-state index in [2.05, 4.69) is 0 Å². The largest absolute Gasteiger partial charge is 1.00 e. The second-order valence-corrected chi connectivity index (χ2v) is 3.50. The van der Waals surface area contributed by atoms with Gasteiger partial charge < -0.3 is 24.0 Å². The number of rotatable bonds is 1. The summed E-state index contributed by atoms with van der Waals surface area (Å²) >= 11 is 0. The van der Waals surface area contributed by atoms with Crippen molar-refractivity contribution >= 4 is 6.08 Å². The van der Waals surface area contributed by atoms with E-state index in [-0.39, 0.29) is 24.0 Å². The minimum absolute atomic E-state index is 0. The van der Waals surface area contributed by atoms with Gasteiger partial charge in [0.2, 0.25) is 11.5 Å². The van der Waals surface area contributed by atoms with Crippen LogP contribution in [0.2, 0.25) is 0 Å². The van der Waals surface area contributed by atoms with E-state index in [9.17, 15) is 0 Å². The average molecular weight is 324 g/mol. The second-order valence-electron chi connectivity index (χ2n) is 3.50.